The van der Waals surface area contributed by atoms with Crippen LogP contribution in [-0.2, 0) is 0 Å². The van der Waals surface area contributed by atoms with Gasteiger partial charge in [0.15, 0.2) is 5.82 Å². The highest BCUT2D eigenvalue weighted by molar-refractivity contribution is 5.71. The van der Waals surface area contributed by atoms with Crippen LogP contribution < -0.4 is 10.6 Å². The molecule has 0 saturated heterocycles. The van der Waals surface area contributed by atoms with Crippen molar-refractivity contribution in [2.45, 2.75) is 25.4 Å². The van der Waals surface area contributed by atoms with Crippen LogP contribution in [0, 0.1) is 0 Å². The minimum absolute atomic E-state index is 0.0932. The molecule has 2 N–H and O–H groups in total. The number of nitrogens with one attached hydrogen (secondary N) is 2. The monoisotopic (exact) mass is 362 g/mol. The Hall–Kier alpha value is -2.97. The zero-order valence-corrected chi connectivity index (χ0v) is 13.8. The van der Waals surface area contributed by atoms with Crippen LogP contribution in [0.1, 0.15) is 25.1 Å². The van der Waals surface area contributed by atoms with E-state index in [9.17, 15) is 13.2 Å². The van der Waals surface area contributed by atoms with Crippen LogP contribution in [0.5, 0.6) is 0 Å². The van der Waals surface area contributed by atoms with E-state index < -0.39 is 12.6 Å². The topological polar surface area (TPSA) is 75.6 Å². The third-order valence-electron chi connectivity index (χ3n) is 3.52. The average molecular weight is 362 g/mol. The van der Waals surface area contributed by atoms with Gasteiger partial charge in [0, 0.05) is 30.2 Å². The summed E-state index contributed by atoms with van der Waals surface area (Å²) in [5.74, 6) is 0.744. The number of pyridine rings is 1. The molecule has 3 rings (SSSR count). The first kappa shape index (κ1) is 17.8. The maximum Gasteiger partial charge on any atom is 0.390 e. The third-order valence-corrected chi connectivity index (χ3v) is 3.52. The smallest absolute Gasteiger partial charge is 0.354 e. The summed E-state index contributed by atoms with van der Waals surface area (Å²) in [5, 5.41) is 5.64. The van der Waals surface area contributed by atoms with Crippen LogP contribution in [0.15, 0.2) is 42.8 Å². The lowest BCUT2D eigenvalue weighted by atomic mass is 10.1. The van der Waals surface area contributed by atoms with E-state index in [1.807, 2.05) is 18.2 Å². The van der Waals surface area contributed by atoms with Crippen molar-refractivity contribution in [2.24, 2.45) is 0 Å². The lowest BCUT2D eigenvalue weighted by molar-refractivity contribution is -0.131. The molecule has 26 heavy (non-hydrogen) atoms. The van der Waals surface area contributed by atoms with Gasteiger partial charge in [0.05, 0.1) is 6.42 Å². The van der Waals surface area contributed by atoms with Gasteiger partial charge in [-0.15, -0.1) is 0 Å². The number of hydrogen-bond donors (Lipinski definition) is 2. The summed E-state index contributed by atoms with van der Waals surface area (Å²) in [6.07, 6.45) is 5.71. The van der Waals surface area contributed by atoms with Gasteiger partial charge in [0.25, 0.3) is 0 Å². The number of aromatic nitrogens is 4. The molecule has 2 aromatic heterocycles. The molecule has 1 aliphatic rings. The molecule has 0 aliphatic heterocycles. The van der Waals surface area contributed by atoms with E-state index in [1.54, 1.807) is 24.5 Å². The van der Waals surface area contributed by atoms with Gasteiger partial charge < -0.3 is 10.6 Å². The van der Waals surface area contributed by atoms with Gasteiger partial charge in [0.2, 0.25) is 11.9 Å². The number of nitrogens with zero attached hydrogens (tertiary/aromatic N) is 4. The van der Waals surface area contributed by atoms with Crippen LogP contribution in [-0.4, -0.2) is 32.7 Å². The summed E-state index contributed by atoms with van der Waals surface area (Å²) in [6.45, 7) is -0.309. The summed E-state index contributed by atoms with van der Waals surface area (Å²) in [6, 6.07) is 3.47. The predicted molar refractivity (Wildman–Crippen MR) is 92.9 cm³/mol. The standard InChI is InChI=1S/C17H17F3N6/c18-17(19,20)8-11-22-15-24-14(12-4-2-1-3-5-12)25-16(26-15)23-13-6-9-21-10-7-13/h2,4-7,9-10H,1,3,8,11H2,(H2,21,22,23,24,25,26). The summed E-state index contributed by atoms with van der Waals surface area (Å²) < 4.78 is 37.1. The van der Waals surface area contributed by atoms with Crippen molar-refractivity contribution >= 4 is 23.2 Å². The fraction of sp³-hybridized carbons (Fsp3) is 0.294. The second-order valence-electron chi connectivity index (χ2n) is 5.60. The SMILES string of the molecule is FC(F)(F)CCNc1nc(Nc2ccncc2)nc(C2=CCCC=C2)n1. The normalized spacial score (nSPS) is 14.0. The van der Waals surface area contributed by atoms with Crippen molar-refractivity contribution in [3.8, 4) is 0 Å². The van der Waals surface area contributed by atoms with Crippen LogP contribution in [0.3, 0.4) is 0 Å². The molecule has 0 saturated carbocycles. The lowest BCUT2D eigenvalue weighted by Crippen LogP contribution is -2.17. The maximum atomic E-state index is 12.4. The zero-order chi connectivity index (χ0) is 18.4. The average Bonchev–Trinajstić information content (AvgIpc) is 2.62. The molecule has 6 nitrogen and oxygen atoms in total. The Morgan fingerprint density at radius 2 is 1.77 bits per heavy atom. The number of allylic oxidation sites excluding steroid dienone is 4. The van der Waals surface area contributed by atoms with Crippen molar-refractivity contribution in [1.29, 1.82) is 0 Å². The third kappa shape index (κ3) is 5.27. The first-order chi connectivity index (χ1) is 12.5. The van der Waals surface area contributed by atoms with Crippen LogP contribution in [0.2, 0.25) is 0 Å². The van der Waals surface area contributed by atoms with Gasteiger partial charge in [-0.1, -0.05) is 18.2 Å². The van der Waals surface area contributed by atoms with Crippen molar-refractivity contribution in [3.63, 3.8) is 0 Å². The molecule has 2 aromatic rings. The summed E-state index contributed by atoms with van der Waals surface area (Å²) in [4.78, 5) is 16.7. The van der Waals surface area contributed by atoms with E-state index in [0.29, 0.717) is 11.5 Å². The van der Waals surface area contributed by atoms with E-state index in [2.05, 4.69) is 30.6 Å². The largest absolute Gasteiger partial charge is 0.390 e. The lowest BCUT2D eigenvalue weighted by Gasteiger charge is -2.12. The Morgan fingerprint density at radius 3 is 2.46 bits per heavy atom. The van der Waals surface area contributed by atoms with Crippen molar-refractivity contribution in [3.05, 3.63) is 48.6 Å². The van der Waals surface area contributed by atoms with E-state index in [0.717, 1.165) is 18.4 Å². The molecule has 0 aromatic carbocycles. The molecule has 0 bridgehead atoms. The molecule has 0 spiro atoms. The molecule has 9 heteroatoms. The molecule has 0 atom stereocenters. The number of rotatable bonds is 6. The predicted octanol–water partition coefficient (Wildman–Crippen LogP) is 4.11. The van der Waals surface area contributed by atoms with Gasteiger partial charge in [0.1, 0.15) is 0 Å². The Bertz CT molecular complexity index is 802. The van der Waals surface area contributed by atoms with Crippen LogP contribution in [0.25, 0.3) is 5.57 Å². The Labute approximate surface area is 148 Å². The molecule has 0 radical (unpaired) electrons. The van der Waals surface area contributed by atoms with Crippen LogP contribution in [0.4, 0.5) is 30.8 Å². The van der Waals surface area contributed by atoms with Crippen LogP contribution >= 0.6 is 0 Å². The van der Waals surface area contributed by atoms with Crippen molar-refractivity contribution < 1.29 is 13.2 Å². The van der Waals surface area contributed by atoms with Crippen molar-refractivity contribution in [1.82, 2.24) is 19.9 Å². The Balaban J connectivity index is 1.84. The van der Waals surface area contributed by atoms with Gasteiger partial charge in [-0.05, 0) is 25.0 Å². The summed E-state index contributed by atoms with van der Waals surface area (Å²) in [5.41, 5.74) is 1.53. The van der Waals surface area contributed by atoms with E-state index in [1.165, 1.54) is 0 Å². The highest BCUT2D eigenvalue weighted by atomic mass is 19.4. The summed E-state index contributed by atoms with van der Waals surface area (Å²) >= 11 is 0. The number of anilines is 3. The quantitative estimate of drug-likeness (QED) is 0.806. The van der Waals surface area contributed by atoms with Crippen molar-refractivity contribution in [2.75, 3.05) is 17.2 Å². The highest BCUT2D eigenvalue weighted by Gasteiger charge is 2.26. The Kier molecular flexibility index (Phi) is 5.45. The molecule has 0 amide bonds. The van der Waals surface area contributed by atoms with E-state index >= 15 is 0 Å². The Morgan fingerprint density at radius 1 is 1.00 bits per heavy atom. The van der Waals surface area contributed by atoms with Gasteiger partial charge in [-0.2, -0.15) is 28.1 Å². The molecule has 0 fully saturated rings. The molecule has 2 heterocycles. The fourth-order valence-electron chi connectivity index (χ4n) is 2.30. The van der Waals surface area contributed by atoms with Gasteiger partial charge >= 0.3 is 6.18 Å². The number of halogens is 3. The molecule has 1 aliphatic carbocycles. The molecule has 136 valence electrons. The van der Waals surface area contributed by atoms with E-state index in [-0.39, 0.29) is 18.4 Å². The molecule has 0 unspecified atom stereocenters. The number of hydrogen-bond acceptors (Lipinski definition) is 6. The first-order valence-electron chi connectivity index (χ1n) is 8.10. The minimum Gasteiger partial charge on any atom is -0.354 e. The van der Waals surface area contributed by atoms with Gasteiger partial charge in [-0.25, -0.2) is 0 Å². The molecular weight excluding hydrogens is 345 g/mol. The molecular formula is C17H17F3N6. The maximum absolute atomic E-state index is 12.4. The highest BCUT2D eigenvalue weighted by Crippen LogP contribution is 2.22. The summed E-state index contributed by atoms with van der Waals surface area (Å²) in [7, 11) is 0. The zero-order valence-electron chi connectivity index (χ0n) is 13.8. The van der Waals surface area contributed by atoms with Gasteiger partial charge in [-0.3, -0.25) is 4.98 Å². The second-order valence-corrected chi connectivity index (χ2v) is 5.60. The fourth-order valence-corrected chi connectivity index (χ4v) is 2.30. The minimum atomic E-state index is -4.24. The first-order valence-corrected chi connectivity index (χ1v) is 8.10. The second kappa shape index (κ2) is 7.94. The van der Waals surface area contributed by atoms with E-state index in [4.69, 9.17) is 0 Å². The number of alkyl halides is 3.